The van der Waals surface area contributed by atoms with Crippen molar-refractivity contribution in [3.63, 3.8) is 0 Å². The molecule has 0 saturated carbocycles. The van der Waals surface area contributed by atoms with Crippen LogP contribution in [0.5, 0.6) is 0 Å². The first kappa shape index (κ1) is 22.0. The number of amides is 2. The number of furan rings is 1. The summed E-state index contributed by atoms with van der Waals surface area (Å²) in [7, 11) is 1.40. The Labute approximate surface area is 182 Å². The van der Waals surface area contributed by atoms with Crippen LogP contribution in [0.2, 0.25) is 5.02 Å². The second-order valence-electron chi connectivity index (χ2n) is 6.52. The number of carbonyl (C=O) groups excluding carboxylic acids is 3. The molecule has 1 aromatic heterocycles. The number of nitrogens with zero attached hydrogens (tertiary/aromatic N) is 1. The van der Waals surface area contributed by atoms with Gasteiger partial charge in [-0.1, -0.05) is 23.7 Å². The molecule has 0 aliphatic heterocycles. The summed E-state index contributed by atoms with van der Waals surface area (Å²) in [6.07, 6.45) is 0. The molecule has 7 nitrogen and oxygen atoms in total. The smallest absolute Gasteiger partial charge is 0.374 e. The quantitative estimate of drug-likeness (QED) is 0.556. The number of benzene rings is 2. The molecular weight excluding hydrogens is 427 g/mol. The largest absolute Gasteiger partial charge is 0.450 e. The highest BCUT2D eigenvalue weighted by atomic mass is 35.5. The van der Waals surface area contributed by atoms with E-state index in [0.717, 1.165) is 4.90 Å². The fourth-order valence-corrected chi connectivity index (χ4v) is 2.76. The summed E-state index contributed by atoms with van der Waals surface area (Å²) in [6.45, 7) is -0.821. The third kappa shape index (κ3) is 5.93. The highest BCUT2D eigenvalue weighted by Gasteiger charge is 2.19. The Morgan fingerprint density at radius 1 is 1.06 bits per heavy atom. The second-order valence-corrected chi connectivity index (χ2v) is 6.93. The SMILES string of the molecule is CN(CC(=O)Nc1ccccc1Cl)C(=O)COC(=O)c1ccc(-c2ccc(F)cc2)o1. The predicted octanol–water partition coefficient (Wildman–Crippen LogP) is 3.99. The van der Waals surface area contributed by atoms with E-state index in [4.69, 9.17) is 20.8 Å². The van der Waals surface area contributed by atoms with Gasteiger partial charge in [0.2, 0.25) is 11.7 Å². The third-order valence-electron chi connectivity index (χ3n) is 4.22. The fraction of sp³-hybridized carbons (Fsp3) is 0.136. The van der Waals surface area contributed by atoms with Gasteiger partial charge in [-0.05, 0) is 48.5 Å². The first-order chi connectivity index (χ1) is 14.8. The maximum atomic E-state index is 13.0. The van der Waals surface area contributed by atoms with Crippen LogP contribution >= 0.6 is 11.6 Å². The molecule has 3 aromatic rings. The van der Waals surface area contributed by atoms with E-state index in [1.54, 1.807) is 24.3 Å². The Bertz CT molecular complexity index is 1100. The van der Waals surface area contributed by atoms with E-state index in [-0.39, 0.29) is 12.3 Å². The van der Waals surface area contributed by atoms with Crippen molar-refractivity contribution in [2.75, 3.05) is 25.5 Å². The summed E-state index contributed by atoms with van der Waals surface area (Å²) in [5.41, 5.74) is 1.01. The average molecular weight is 445 g/mol. The number of hydrogen-bond donors (Lipinski definition) is 1. The number of carbonyl (C=O) groups is 3. The zero-order chi connectivity index (χ0) is 22.4. The summed E-state index contributed by atoms with van der Waals surface area (Å²) in [4.78, 5) is 37.5. The number of ether oxygens (including phenoxy) is 1. The van der Waals surface area contributed by atoms with Gasteiger partial charge in [0.25, 0.3) is 5.91 Å². The lowest BCUT2D eigenvalue weighted by Crippen LogP contribution is -2.37. The Hall–Kier alpha value is -3.65. The molecular formula is C22H18ClFN2O5. The van der Waals surface area contributed by atoms with Crippen LogP contribution in [0, 0.1) is 5.82 Å². The minimum absolute atomic E-state index is 0.105. The summed E-state index contributed by atoms with van der Waals surface area (Å²) in [6, 6.07) is 15.2. The van der Waals surface area contributed by atoms with Crippen LogP contribution in [0.15, 0.2) is 65.1 Å². The molecule has 0 aliphatic carbocycles. The predicted molar refractivity (Wildman–Crippen MR) is 112 cm³/mol. The molecule has 3 rings (SSSR count). The topological polar surface area (TPSA) is 88.9 Å². The lowest BCUT2D eigenvalue weighted by atomic mass is 10.2. The number of halogens is 2. The van der Waals surface area contributed by atoms with E-state index in [2.05, 4.69) is 5.32 Å². The summed E-state index contributed by atoms with van der Waals surface area (Å²) in [5.74, 6) is -2.01. The van der Waals surface area contributed by atoms with Gasteiger partial charge < -0.3 is 19.4 Å². The first-order valence-electron chi connectivity index (χ1n) is 9.14. The number of esters is 1. The molecule has 0 saturated heterocycles. The van der Waals surface area contributed by atoms with Gasteiger partial charge in [0.1, 0.15) is 11.6 Å². The zero-order valence-corrected chi connectivity index (χ0v) is 17.2. The molecule has 0 unspecified atom stereocenters. The lowest BCUT2D eigenvalue weighted by Gasteiger charge is -2.17. The van der Waals surface area contributed by atoms with Gasteiger partial charge in [0.05, 0.1) is 17.3 Å². The summed E-state index contributed by atoms with van der Waals surface area (Å²) >= 11 is 5.98. The van der Waals surface area contributed by atoms with Crippen molar-refractivity contribution in [1.82, 2.24) is 4.90 Å². The minimum Gasteiger partial charge on any atom is -0.450 e. The number of anilines is 1. The second kappa shape index (κ2) is 9.90. The van der Waals surface area contributed by atoms with Crippen LogP contribution in [0.25, 0.3) is 11.3 Å². The van der Waals surface area contributed by atoms with Crippen molar-refractivity contribution in [3.05, 3.63) is 77.3 Å². The number of nitrogens with one attached hydrogen (secondary N) is 1. The lowest BCUT2D eigenvalue weighted by molar-refractivity contribution is -0.136. The van der Waals surface area contributed by atoms with Crippen LogP contribution < -0.4 is 5.32 Å². The van der Waals surface area contributed by atoms with Gasteiger partial charge in [0.15, 0.2) is 6.61 Å². The van der Waals surface area contributed by atoms with Gasteiger partial charge in [-0.15, -0.1) is 0 Å². The molecule has 0 bridgehead atoms. The Balaban J connectivity index is 1.49. The van der Waals surface area contributed by atoms with Crippen molar-refractivity contribution in [3.8, 4) is 11.3 Å². The van der Waals surface area contributed by atoms with Gasteiger partial charge in [-0.25, -0.2) is 9.18 Å². The van der Waals surface area contributed by atoms with E-state index in [1.807, 2.05) is 0 Å². The number of para-hydroxylation sites is 1. The molecule has 0 aliphatic rings. The van der Waals surface area contributed by atoms with Crippen LogP contribution in [-0.4, -0.2) is 42.9 Å². The highest BCUT2D eigenvalue weighted by molar-refractivity contribution is 6.33. The molecule has 2 amide bonds. The number of hydrogen-bond acceptors (Lipinski definition) is 5. The van der Waals surface area contributed by atoms with Crippen LogP contribution in [-0.2, 0) is 14.3 Å². The van der Waals surface area contributed by atoms with Crippen LogP contribution in [0.1, 0.15) is 10.6 Å². The van der Waals surface area contributed by atoms with E-state index < -0.39 is 30.2 Å². The van der Waals surface area contributed by atoms with Crippen molar-refractivity contribution in [2.45, 2.75) is 0 Å². The van der Waals surface area contributed by atoms with Crippen molar-refractivity contribution < 1.29 is 27.9 Å². The van der Waals surface area contributed by atoms with Crippen molar-refractivity contribution in [1.29, 1.82) is 0 Å². The van der Waals surface area contributed by atoms with Gasteiger partial charge in [0, 0.05) is 12.6 Å². The Kier molecular flexibility index (Phi) is 7.04. The molecule has 0 radical (unpaired) electrons. The van der Waals surface area contributed by atoms with Gasteiger partial charge in [-0.2, -0.15) is 0 Å². The highest BCUT2D eigenvalue weighted by Crippen LogP contribution is 2.23. The fourth-order valence-electron chi connectivity index (χ4n) is 2.58. The molecule has 2 aromatic carbocycles. The monoisotopic (exact) mass is 444 g/mol. The first-order valence-corrected chi connectivity index (χ1v) is 9.52. The molecule has 0 fully saturated rings. The standard InChI is InChI=1S/C22H18ClFN2O5/c1-26(12-20(27)25-17-5-3-2-4-16(17)23)21(28)13-30-22(29)19-11-10-18(31-19)14-6-8-15(24)9-7-14/h2-11H,12-13H2,1H3,(H,25,27). The van der Waals surface area contributed by atoms with Gasteiger partial charge >= 0.3 is 5.97 Å². The average Bonchev–Trinajstić information content (AvgIpc) is 3.24. The minimum atomic E-state index is -0.837. The van der Waals surface area contributed by atoms with E-state index in [9.17, 15) is 18.8 Å². The number of rotatable bonds is 7. The Morgan fingerprint density at radius 3 is 2.48 bits per heavy atom. The van der Waals surface area contributed by atoms with E-state index in [0.29, 0.717) is 22.0 Å². The maximum Gasteiger partial charge on any atom is 0.374 e. The molecule has 9 heteroatoms. The molecule has 31 heavy (non-hydrogen) atoms. The molecule has 1 heterocycles. The molecule has 160 valence electrons. The van der Waals surface area contributed by atoms with E-state index in [1.165, 1.54) is 43.4 Å². The third-order valence-corrected chi connectivity index (χ3v) is 4.55. The molecule has 0 spiro atoms. The normalized spacial score (nSPS) is 10.4. The number of likely N-dealkylation sites (N-methyl/N-ethyl adjacent to an activating group) is 1. The van der Waals surface area contributed by atoms with Crippen LogP contribution in [0.3, 0.4) is 0 Å². The van der Waals surface area contributed by atoms with Crippen molar-refractivity contribution >= 4 is 35.1 Å². The van der Waals surface area contributed by atoms with Gasteiger partial charge in [-0.3, -0.25) is 9.59 Å². The molecule has 0 atom stereocenters. The molecule has 1 N–H and O–H groups in total. The maximum absolute atomic E-state index is 13.0. The van der Waals surface area contributed by atoms with Crippen LogP contribution in [0.4, 0.5) is 10.1 Å². The van der Waals surface area contributed by atoms with E-state index >= 15 is 0 Å². The zero-order valence-electron chi connectivity index (χ0n) is 16.4. The summed E-state index contributed by atoms with van der Waals surface area (Å²) in [5, 5.41) is 2.97. The summed E-state index contributed by atoms with van der Waals surface area (Å²) < 4.78 is 23.4. The van der Waals surface area contributed by atoms with Crippen molar-refractivity contribution in [2.24, 2.45) is 0 Å². The Morgan fingerprint density at radius 2 is 1.77 bits per heavy atom.